The molecule has 0 aromatic heterocycles. The summed E-state index contributed by atoms with van der Waals surface area (Å²) in [6.45, 7) is 7.96. The molecule has 0 saturated heterocycles. The molecule has 0 spiro atoms. The molecule has 3 N–H and O–H groups in total. The van der Waals surface area contributed by atoms with E-state index >= 15 is 0 Å². The molecule has 22 heavy (non-hydrogen) atoms. The standard InChI is InChI=1S/C18H29N3O/c1-3-21(4-2)14-16-9-7-8-15(12-16)13-20-17(22)18(19)10-5-6-11-18/h7-9,12H,3-6,10-11,13-14,19H2,1-2H3,(H,20,22). The minimum Gasteiger partial charge on any atom is -0.350 e. The van der Waals surface area contributed by atoms with E-state index in [4.69, 9.17) is 5.73 Å². The molecule has 0 aliphatic heterocycles. The normalized spacial score (nSPS) is 16.9. The monoisotopic (exact) mass is 303 g/mol. The van der Waals surface area contributed by atoms with Gasteiger partial charge in [-0.05, 0) is 37.1 Å². The molecule has 0 unspecified atom stereocenters. The number of nitrogens with zero attached hydrogens (tertiary/aromatic N) is 1. The predicted octanol–water partition coefficient (Wildman–Crippen LogP) is 2.42. The minimum absolute atomic E-state index is 0.000791. The maximum absolute atomic E-state index is 12.3. The average Bonchev–Trinajstić information content (AvgIpc) is 2.98. The first kappa shape index (κ1) is 17.0. The molecule has 0 radical (unpaired) electrons. The number of rotatable bonds is 7. The van der Waals surface area contributed by atoms with Gasteiger partial charge in [0.05, 0.1) is 5.54 Å². The molecule has 1 aliphatic rings. The number of nitrogens with two attached hydrogens (primary N) is 1. The lowest BCUT2D eigenvalue weighted by Gasteiger charge is -2.22. The van der Waals surface area contributed by atoms with Crippen LogP contribution in [0.4, 0.5) is 0 Å². The van der Waals surface area contributed by atoms with Gasteiger partial charge < -0.3 is 11.1 Å². The molecule has 1 aromatic rings. The number of carbonyl (C=O) groups is 1. The number of hydrogen-bond acceptors (Lipinski definition) is 3. The zero-order chi connectivity index (χ0) is 16.0. The third kappa shape index (κ3) is 4.31. The Morgan fingerprint density at radius 3 is 2.50 bits per heavy atom. The summed E-state index contributed by atoms with van der Waals surface area (Å²) < 4.78 is 0. The van der Waals surface area contributed by atoms with E-state index in [0.29, 0.717) is 6.54 Å². The molecule has 4 nitrogen and oxygen atoms in total. The van der Waals surface area contributed by atoms with Crippen LogP contribution in [0.2, 0.25) is 0 Å². The third-order valence-electron chi connectivity index (χ3n) is 4.69. The lowest BCUT2D eigenvalue weighted by molar-refractivity contribution is -0.126. The molecule has 1 aliphatic carbocycles. The van der Waals surface area contributed by atoms with Gasteiger partial charge in [0.2, 0.25) is 5.91 Å². The van der Waals surface area contributed by atoms with Crippen LogP contribution in [0.3, 0.4) is 0 Å². The second-order valence-electron chi connectivity index (χ2n) is 6.33. The largest absolute Gasteiger partial charge is 0.350 e. The summed E-state index contributed by atoms with van der Waals surface area (Å²) in [5, 5.41) is 3.01. The van der Waals surface area contributed by atoms with Crippen LogP contribution in [0.1, 0.15) is 50.7 Å². The van der Waals surface area contributed by atoms with E-state index in [1.807, 2.05) is 0 Å². The molecule has 2 rings (SSSR count). The van der Waals surface area contributed by atoms with E-state index in [1.165, 1.54) is 5.56 Å². The van der Waals surface area contributed by atoms with Gasteiger partial charge in [-0.25, -0.2) is 0 Å². The maximum Gasteiger partial charge on any atom is 0.240 e. The van der Waals surface area contributed by atoms with Crippen molar-refractivity contribution >= 4 is 5.91 Å². The Labute approximate surface area is 134 Å². The summed E-state index contributed by atoms with van der Waals surface area (Å²) in [7, 11) is 0. The van der Waals surface area contributed by atoms with Crippen molar-refractivity contribution in [2.75, 3.05) is 13.1 Å². The van der Waals surface area contributed by atoms with Crippen LogP contribution in [0.5, 0.6) is 0 Å². The Hall–Kier alpha value is -1.39. The highest BCUT2D eigenvalue weighted by Crippen LogP contribution is 2.27. The van der Waals surface area contributed by atoms with Crippen molar-refractivity contribution in [3.8, 4) is 0 Å². The predicted molar refractivity (Wildman–Crippen MR) is 90.3 cm³/mol. The van der Waals surface area contributed by atoms with Gasteiger partial charge in [-0.1, -0.05) is 51.0 Å². The van der Waals surface area contributed by atoms with Crippen molar-refractivity contribution in [2.24, 2.45) is 5.73 Å². The fourth-order valence-electron chi connectivity index (χ4n) is 3.13. The van der Waals surface area contributed by atoms with Crippen LogP contribution < -0.4 is 11.1 Å². The van der Waals surface area contributed by atoms with E-state index in [2.05, 4.69) is 48.3 Å². The fraction of sp³-hybridized carbons (Fsp3) is 0.611. The highest BCUT2D eigenvalue weighted by Gasteiger charge is 2.36. The summed E-state index contributed by atoms with van der Waals surface area (Å²) in [5.41, 5.74) is 7.97. The molecule has 1 amide bonds. The van der Waals surface area contributed by atoms with Crippen molar-refractivity contribution in [3.63, 3.8) is 0 Å². The maximum atomic E-state index is 12.3. The van der Waals surface area contributed by atoms with Gasteiger partial charge in [-0.2, -0.15) is 0 Å². The van der Waals surface area contributed by atoms with E-state index in [1.54, 1.807) is 0 Å². The van der Waals surface area contributed by atoms with Crippen LogP contribution in [0.25, 0.3) is 0 Å². The number of hydrogen-bond donors (Lipinski definition) is 2. The number of nitrogens with one attached hydrogen (secondary N) is 1. The molecule has 1 aromatic carbocycles. The summed E-state index contributed by atoms with van der Waals surface area (Å²) in [4.78, 5) is 14.6. The van der Waals surface area contributed by atoms with E-state index in [9.17, 15) is 4.79 Å². The van der Waals surface area contributed by atoms with Crippen LogP contribution in [0, 0.1) is 0 Å². The highest BCUT2D eigenvalue weighted by molar-refractivity contribution is 5.86. The summed E-state index contributed by atoms with van der Waals surface area (Å²) in [5.74, 6) is -0.000791. The van der Waals surface area contributed by atoms with Gasteiger partial charge in [-0.3, -0.25) is 9.69 Å². The third-order valence-corrected chi connectivity index (χ3v) is 4.69. The molecule has 4 heteroatoms. The molecule has 0 bridgehead atoms. The van der Waals surface area contributed by atoms with E-state index in [0.717, 1.165) is 50.9 Å². The minimum atomic E-state index is -0.640. The zero-order valence-corrected chi connectivity index (χ0v) is 13.9. The lowest BCUT2D eigenvalue weighted by atomic mass is 9.98. The Bertz CT molecular complexity index is 491. The first-order valence-electron chi connectivity index (χ1n) is 8.44. The number of benzene rings is 1. The van der Waals surface area contributed by atoms with Crippen LogP contribution >= 0.6 is 0 Å². The first-order chi connectivity index (χ1) is 10.6. The molecule has 0 atom stereocenters. The SMILES string of the molecule is CCN(CC)Cc1cccc(CNC(=O)C2(N)CCCC2)c1. The Balaban J connectivity index is 1.91. The van der Waals surface area contributed by atoms with Crippen LogP contribution in [-0.2, 0) is 17.9 Å². The van der Waals surface area contributed by atoms with Gasteiger partial charge >= 0.3 is 0 Å². The summed E-state index contributed by atoms with van der Waals surface area (Å²) in [6, 6.07) is 8.44. The van der Waals surface area contributed by atoms with Gasteiger partial charge in [-0.15, -0.1) is 0 Å². The Kier molecular flexibility index (Phi) is 5.98. The lowest BCUT2D eigenvalue weighted by Crippen LogP contribution is -2.51. The topological polar surface area (TPSA) is 58.4 Å². The molecule has 122 valence electrons. The summed E-state index contributed by atoms with van der Waals surface area (Å²) in [6.07, 6.45) is 3.73. The fourth-order valence-corrected chi connectivity index (χ4v) is 3.13. The van der Waals surface area contributed by atoms with Gasteiger partial charge in [0, 0.05) is 13.1 Å². The first-order valence-corrected chi connectivity index (χ1v) is 8.44. The average molecular weight is 303 g/mol. The number of amides is 1. The van der Waals surface area contributed by atoms with Gasteiger partial charge in [0.1, 0.15) is 0 Å². The van der Waals surface area contributed by atoms with Crippen molar-refractivity contribution in [3.05, 3.63) is 35.4 Å². The summed E-state index contributed by atoms with van der Waals surface area (Å²) >= 11 is 0. The second kappa shape index (κ2) is 7.75. The quantitative estimate of drug-likeness (QED) is 0.813. The van der Waals surface area contributed by atoms with E-state index in [-0.39, 0.29) is 5.91 Å². The van der Waals surface area contributed by atoms with Crippen molar-refractivity contribution in [1.29, 1.82) is 0 Å². The Morgan fingerprint density at radius 2 is 1.86 bits per heavy atom. The molecular formula is C18H29N3O. The van der Waals surface area contributed by atoms with Gasteiger partial charge in [0.15, 0.2) is 0 Å². The molecule has 0 heterocycles. The smallest absolute Gasteiger partial charge is 0.240 e. The van der Waals surface area contributed by atoms with Crippen molar-refractivity contribution < 1.29 is 4.79 Å². The highest BCUT2D eigenvalue weighted by atomic mass is 16.2. The zero-order valence-electron chi connectivity index (χ0n) is 13.9. The number of carbonyl (C=O) groups excluding carboxylic acids is 1. The molecular weight excluding hydrogens is 274 g/mol. The second-order valence-corrected chi connectivity index (χ2v) is 6.33. The van der Waals surface area contributed by atoms with Crippen molar-refractivity contribution in [1.82, 2.24) is 10.2 Å². The van der Waals surface area contributed by atoms with E-state index < -0.39 is 5.54 Å². The Morgan fingerprint density at radius 1 is 1.23 bits per heavy atom. The van der Waals surface area contributed by atoms with Crippen LogP contribution in [0.15, 0.2) is 24.3 Å². The van der Waals surface area contributed by atoms with Crippen molar-refractivity contribution in [2.45, 2.75) is 58.2 Å². The van der Waals surface area contributed by atoms with Crippen LogP contribution in [-0.4, -0.2) is 29.4 Å². The molecule has 1 fully saturated rings. The molecule has 1 saturated carbocycles. The van der Waals surface area contributed by atoms with Gasteiger partial charge in [0.25, 0.3) is 0 Å².